The normalized spacial score (nSPS) is 22.1. The molecule has 3 rings (SSSR count). The number of thiazole rings is 1. The Hall–Kier alpha value is -1.67. The molecule has 1 unspecified atom stereocenters. The minimum absolute atomic E-state index is 0.495. The fraction of sp³-hybridized carbons (Fsp3) is 0.385. The van der Waals surface area contributed by atoms with E-state index < -0.39 is 17.4 Å². The topological polar surface area (TPSA) is 77.8 Å². The van der Waals surface area contributed by atoms with Gasteiger partial charge in [-0.15, -0.1) is 11.3 Å². The van der Waals surface area contributed by atoms with Crippen molar-refractivity contribution >= 4 is 16.5 Å². The molecule has 1 aliphatic rings. The first-order valence-electron chi connectivity index (χ1n) is 6.35. The van der Waals surface area contributed by atoms with Crippen LogP contribution >= 0.6 is 11.3 Å². The molecule has 0 bridgehead atoms. The minimum atomic E-state index is -4.44. The maximum absolute atomic E-state index is 12.5. The van der Waals surface area contributed by atoms with Gasteiger partial charge in [0.05, 0.1) is 5.69 Å². The Morgan fingerprint density at radius 2 is 2.05 bits per heavy atom. The first kappa shape index (κ1) is 14.3. The molecule has 2 heterocycles. The summed E-state index contributed by atoms with van der Waals surface area (Å²) in [7, 11) is 0. The maximum atomic E-state index is 12.5. The van der Waals surface area contributed by atoms with E-state index in [0.717, 1.165) is 16.6 Å². The largest absolute Gasteiger partial charge is 0.433 e. The van der Waals surface area contributed by atoms with Crippen LogP contribution in [0.4, 0.5) is 18.3 Å². The van der Waals surface area contributed by atoms with Gasteiger partial charge in [-0.05, 0) is 24.5 Å². The lowest BCUT2D eigenvalue weighted by Gasteiger charge is -2.33. The molecule has 0 saturated carbocycles. The smallest absolute Gasteiger partial charge is 0.375 e. The van der Waals surface area contributed by atoms with Crippen molar-refractivity contribution in [2.24, 2.45) is 5.73 Å². The van der Waals surface area contributed by atoms with E-state index in [2.05, 4.69) is 9.97 Å². The van der Waals surface area contributed by atoms with Gasteiger partial charge in [0.1, 0.15) is 5.69 Å². The van der Waals surface area contributed by atoms with Gasteiger partial charge in [0.2, 0.25) is 0 Å². The number of nitrogens with zero attached hydrogens (tertiary/aromatic N) is 2. The van der Waals surface area contributed by atoms with Crippen molar-refractivity contribution < 1.29 is 13.2 Å². The van der Waals surface area contributed by atoms with E-state index in [1.807, 2.05) is 0 Å². The molecule has 1 atom stereocenters. The number of anilines is 1. The lowest BCUT2D eigenvalue weighted by atomic mass is 9.79. The van der Waals surface area contributed by atoms with Crippen molar-refractivity contribution in [2.45, 2.75) is 31.0 Å². The van der Waals surface area contributed by atoms with Crippen molar-refractivity contribution in [3.8, 4) is 0 Å². The van der Waals surface area contributed by atoms with Gasteiger partial charge in [0.25, 0.3) is 0 Å². The van der Waals surface area contributed by atoms with Crippen molar-refractivity contribution in [1.29, 1.82) is 0 Å². The predicted octanol–water partition coefficient (Wildman–Crippen LogP) is 2.48. The van der Waals surface area contributed by atoms with Crippen LogP contribution in [-0.4, -0.2) is 9.97 Å². The number of fused-ring (bicyclic) bond motifs is 1. The van der Waals surface area contributed by atoms with Crippen molar-refractivity contribution in [3.05, 3.63) is 40.2 Å². The molecule has 4 nitrogen and oxygen atoms in total. The molecular formula is C13H13F3N4S. The molecule has 4 N–H and O–H groups in total. The minimum Gasteiger partial charge on any atom is -0.375 e. The highest BCUT2D eigenvalue weighted by molar-refractivity contribution is 7.15. The molecule has 0 fully saturated rings. The van der Waals surface area contributed by atoms with Crippen molar-refractivity contribution in [1.82, 2.24) is 9.97 Å². The Labute approximate surface area is 123 Å². The number of hydrogen-bond donors (Lipinski definition) is 2. The standard InChI is InChI=1S/C13H13F3N4S/c14-13(15,16)10-2-1-7(6-19-10)12(18)4-3-8-9(5-12)21-11(17)20-8/h1-2,6H,3-5,18H2,(H2,17,20). The first-order chi connectivity index (χ1) is 9.78. The molecule has 0 radical (unpaired) electrons. The number of nitrogen functional groups attached to an aromatic ring is 1. The quantitative estimate of drug-likeness (QED) is 0.847. The van der Waals surface area contributed by atoms with Crippen LogP contribution in [0.1, 0.15) is 28.2 Å². The lowest BCUT2D eigenvalue weighted by molar-refractivity contribution is -0.141. The summed E-state index contributed by atoms with van der Waals surface area (Å²) in [5.74, 6) is 0. The highest BCUT2D eigenvalue weighted by Crippen LogP contribution is 2.38. The van der Waals surface area contributed by atoms with Gasteiger partial charge in [-0.3, -0.25) is 4.98 Å². The van der Waals surface area contributed by atoms with Crippen LogP contribution in [0.2, 0.25) is 0 Å². The Bertz CT molecular complexity index is 665. The summed E-state index contributed by atoms with van der Waals surface area (Å²) in [5.41, 5.74) is 12.0. The molecule has 8 heteroatoms. The van der Waals surface area contributed by atoms with Gasteiger partial charge in [-0.1, -0.05) is 6.07 Å². The molecule has 0 aromatic carbocycles. The highest BCUT2D eigenvalue weighted by Gasteiger charge is 2.36. The molecule has 0 saturated heterocycles. The third-order valence-electron chi connectivity index (χ3n) is 3.71. The Morgan fingerprint density at radius 3 is 2.67 bits per heavy atom. The second-order valence-electron chi connectivity index (χ2n) is 5.18. The Kier molecular flexibility index (Phi) is 3.18. The molecule has 2 aromatic rings. The van der Waals surface area contributed by atoms with Gasteiger partial charge in [-0.25, -0.2) is 4.98 Å². The number of alkyl halides is 3. The van der Waals surface area contributed by atoms with Gasteiger partial charge >= 0.3 is 6.18 Å². The summed E-state index contributed by atoms with van der Waals surface area (Å²) in [5, 5.41) is 0.495. The van der Waals surface area contributed by atoms with Crippen LogP contribution in [0.5, 0.6) is 0 Å². The van der Waals surface area contributed by atoms with E-state index in [1.165, 1.54) is 23.6 Å². The number of pyridine rings is 1. The predicted molar refractivity (Wildman–Crippen MR) is 73.7 cm³/mol. The monoisotopic (exact) mass is 314 g/mol. The summed E-state index contributed by atoms with van der Waals surface area (Å²) in [6.07, 6.45) is -1.43. The zero-order chi connectivity index (χ0) is 15.3. The van der Waals surface area contributed by atoms with Crippen LogP contribution < -0.4 is 11.5 Å². The summed E-state index contributed by atoms with van der Waals surface area (Å²) in [6.45, 7) is 0. The van der Waals surface area contributed by atoms with Gasteiger partial charge < -0.3 is 11.5 Å². The fourth-order valence-corrected chi connectivity index (χ4v) is 3.56. The molecule has 0 spiro atoms. The number of aryl methyl sites for hydroxylation is 1. The zero-order valence-corrected chi connectivity index (χ0v) is 11.8. The van der Waals surface area contributed by atoms with Crippen LogP contribution in [0, 0.1) is 0 Å². The number of rotatable bonds is 1. The molecule has 0 amide bonds. The summed E-state index contributed by atoms with van der Waals surface area (Å²) < 4.78 is 37.6. The Balaban J connectivity index is 1.90. The van der Waals surface area contributed by atoms with Gasteiger partial charge in [0.15, 0.2) is 5.13 Å². The van der Waals surface area contributed by atoms with Crippen molar-refractivity contribution in [3.63, 3.8) is 0 Å². The van der Waals surface area contributed by atoms with Crippen LogP contribution in [0.15, 0.2) is 18.3 Å². The van der Waals surface area contributed by atoms with E-state index in [-0.39, 0.29) is 0 Å². The summed E-state index contributed by atoms with van der Waals surface area (Å²) in [4.78, 5) is 8.72. The average Bonchev–Trinajstić information content (AvgIpc) is 2.77. The number of aromatic nitrogens is 2. The molecule has 112 valence electrons. The zero-order valence-electron chi connectivity index (χ0n) is 10.9. The van der Waals surface area contributed by atoms with Crippen molar-refractivity contribution in [2.75, 3.05) is 5.73 Å². The molecule has 1 aliphatic carbocycles. The third kappa shape index (κ3) is 2.60. The van der Waals surface area contributed by atoms with Crippen LogP contribution in [0.25, 0.3) is 0 Å². The Morgan fingerprint density at radius 1 is 1.29 bits per heavy atom. The van der Waals surface area contributed by atoms with Gasteiger partial charge in [-0.2, -0.15) is 13.2 Å². The number of halogens is 3. The van der Waals surface area contributed by atoms with E-state index in [1.54, 1.807) is 0 Å². The second-order valence-corrected chi connectivity index (χ2v) is 6.30. The highest BCUT2D eigenvalue weighted by atomic mass is 32.1. The molecular weight excluding hydrogens is 301 g/mol. The number of nitrogens with two attached hydrogens (primary N) is 2. The van der Waals surface area contributed by atoms with Crippen LogP contribution in [0.3, 0.4) is 0 Å². The number of hydrogen-bond acceptors (Lipinski definition) is 5. The third-order valence-corrected chi connectivity index (χ3v) is 4.63. The SMILES string of the molecule is Nc1nc2c(s1)CC(N)(c1ccc(C(F)(F)F)nc1)CC2. The van der Waals surface area contributed by atoms with E-state index >= 15 is 0 Å². The first-order valence-corrected chi connectivity index (χ1v) is 7.16. The van der Waals surface area contributed by atoms with E-state index in [4.69, 9.17) is 11.5 Å². The summed E-state index contributed by atoms with van der Waals surface area (Å²) >= 11 is 1.38. The fourth-order valence-electron chi connectivity index (χ4n) is 2.56. The van der Waals surface area contributed by atoms with E-state index in [9.17, 15) is 13.2 Å². The molecule has 2 aromatic heterocycles. The maximum Gasteiger partial charge on any atom is 0.433 e. The van der Waals surface area contributed by atoms with Gasteiger partial charge in [0, 0.05) is 23.0 Å². The second kappa shape index (κ2) is 4.67. The molecule has 0 aliphatic heterocycles. The van der Waals surface area contributed by atoms with Crippen LogP contribution in [-0.2, 0) is 24.6 Å². The summed E-state index contributed by atoms with van der Waals surface area (Å²) in [6, 6.07) is 2.38. The molecule has 21 heavy (non-hydrogen) atoms. The average molecular weight is 314 g/mol. The lowest BCUT2D eigenvalue weighted by Crippen LogP contribution is -2.42. The van der Waals surface area contributed by atoms with E-state index in [0.29, 0.717) is 30.0 Å².